The van der Waals surface area contributed by atoms with Crippen molar-refractivity contribution in [3.8, 4) is 0 Å². The molecule has 1 aromatic carbocycles. The van der Waals surface area contributed by atoms with E-state index < -0.39 is 14.2 Å². The Kier molecular flexibility index (Phi) is 2.47. The van der Waals surface area contributed by atoms with E-state index in [1.54, 1.807) is 12.1 Å². The van der Waals surface area contributed by atoms with Crippen LogP contribution in [0.25, 0.3) is 0 Å². The first-order valence-electron chi connectivity index (χ1n) is 3.54. The third-order valence-electron chi connectivity index (χ3n) is 1.83. The van der Waals surface area contributed by atoms with Crippen molar-refractivity contribution in [3.05, 3.63) is 29.3 Å². The standard InChI is InChI=1S/C8H11AsO3/c1-6-3-4-8(5-7(6)2)9(10,11)12/h3-5H,1-2H3,(H2,10,11,12). The molecule has 0 saturated heterocycles. The van der Waals surface area contributed by atoms with E-state index in [-0.39, 0.29) is 4.35 Å². The molecule has 0 fully saturated rings. The number of rotatable bonds is 1. The van der Waals surface area contributed by atoms with E-state index in [2.05, 4.69) is 0 Å². The van der Waals surface area contributed by atoms with E-state index in [1.165, 1.54) is 6.07 Å². The Morgan fingerprint density at radius 3 is 2.17 bits per heavy atom. The summed E-state index contributed by atoms with van der Waals surface area (Å²) < 4.78 is 28.8. The monoisotopic (exact) mass is 230 g/mol. The Labute approximate surface area is 74.0 Å². The van der Waals surface area contributed by atoms with Gasteiger partial charge in [-0.25, -0.2) is 0 Å². The average Bonchev–Trinajstić information content (AvgIpc) is 1.92. The molecule has 0 bridgehead atoms. The van der Waals surface area contributed by atoms with Crippen LogP contribution in [-0.4, -0.2) is 22.4 Å². The van der Waals surface area contributed by atoms with E-state index in [0.29, 0.717) is 0 Å². The van der Waals surface area contributed by atoms with Crippen LogP contribution in [0.15, 0.2) is 18.2 Å². The van der Waals surface area contributed by atoms with Crippen LogP contribution in [0.2, 0.25) is 0 Å². The first-order chi connectivity index (χ1) is 5.41. The SMILES string of the molecule is Cc1ccc([As](=O)(O)O)cc1C. The summed E-state index contributed by atoms with van der Waals surface area (Å²) in [5.41, 5.74) is 1.96. The molecule has 2 N–H and O–H groups in total. The average molecular weight is 230 g/mol. The van der Waals surface area contributed by atoms with Crippen molar-refractivity contribution in [2.75, 3.05) is 0 Å². The fourth-order valence-corrected chi connectivity index (χ4v) is 2.23. The maximum atomic E-state index is 10.9. The van der Waals surface area contributed by atoms with Crippen molar-refractivity contribution in [3.63, 3.8) is 0 Å². The molecule has 0 aromatic heterocycles. The van der Waals surface area contributed by atoms with Crippen LogP contribution in [0.4, 0.5) is 0 Å². The molecular weight excluding hydrogens is 219 g/mol. The second kappa shape index (κ2) is 3.09. The molecule has 1 rings (SSSR count). The maximum absolute atomic E-state index is 10.9. The van der Waals surface area contributed by atoms with Crippen molar-refractivity contribution >= 4 is 18.5 Å². The van der Waals surface area contributed by atoms with Crippen molar-refractivity contribution in [1.29, 1.82) is 0 Å². The summed E-state index contributed by atoms with van der Waals surface area (Å²) in [6.07, 6.45) is 0. The quantitative estimate of drug-likeness (QED) is 0.660. The molecule has 66 valence electrons. The number of aryl methyl sites for hydroxylation is 2. The van der Waals surface area contributed by atoms with Gasteiger partial charge >= 0.3 is 73.6 Å². The Bertz CT molecular complexity index is 340. The summed E-state index contributed by atoms with van der Waals surface area (Å²) in [5.74, 6) is 0. The van der Waals surface area contributed by atoms with Gasteiger partial charge in [-0.2, -0.15) is 0 Å². The molecule has 12 heavy (non-hydrogen) atoms. The molecule has 3 nitrogen and oxygen atoms in total. The summed E-state index contributed by atoms with van der Waals surface area (Å²) in [6, 6.07) is 4.77. The molecule has 0 amide bonds. The van der Waals surface area contributed by atoms with Crippen LogP contribution in [0, 0.1) is 13.8 Å². The van der Waals surface area contributed by atoms with Gasteiger partial charge in [0, 0.05) is 0 Å². The van der Waals surface area contributed by atoms with Gasteiger partial charge in [0.15, 0.2) is 0 Å². The second-order valence-corrected chi connectivity index (χ2v) is 6.18. The van der Waals surface area contributed by atoms with Gasteiger partial charge in [0.2, 0.25) is 0 Å². The van der Waals surface area contributed by atoms with E-state index in [4.69, 9.17) is 8.19 Å². The molecule has 0 atom stereocenters. The molecule has 0 spiro atoms. The summed E-state index contributed by atoms with van der Waals surface area (Å²) in [5, 5.41) is 0. The van der Waals surface area contributed by atoms with Gasteiger partial charge in [-0.1, -0.05) is 0 Å². The predicted octanol–water partition coefficient (Wildman–Crippen LogP) is -0.136. The Hall–Kier alpha value is -0.502. The van der Waals surface area contributed by atoms with Gasteiger partial charge in [-0.3, -0.25) is 0 Å². The molecule has 0 saturated carbocycles. The van der Waals surface area contributed by atoms with Crippen LogP contribution >= 0.6 is 0 Å². The molecule has 0 radical (unpaired) electrons. The summed E-state index contributed by atoms with van der Waals surface area (Å²) >= 11 is -4.66. The first kappa shape index (κ1) is 9.59. The fourth-order valence-electron chi connectivity index (χ4n) is 0.907. The molecular formula is C8H11AsO3. The van der Waals surface area contributed by atoms with Crippen LogP contribution in [0.5, 0.6) is 0 Å². The third-order valence-corrected chi connectivity index (χ3v) is 3.82. The van der Waals surface area contributed by atoms with Gasteiger partial charge in [-0.05, 0) is 0 Å². The Balaban J connectivity index is 3.23. The second-order valence-electron chi connectivity index (χ2n) is 2.81. The molecule has 0 heterocycles. The van der Waals surface area contributed by atoms with Gasteiger partial charge in [0.1, 0.15) is 0 Å². The summed E-state index contributed by atoms with van der Waals surface area (Å²) in [4.78, 5) is 0. The first-order valence-corrected chi connectivity index (χ1v) is 6.93. The zero-order chi connectivity index (χ0) is 9.35. The van der Waals surface area contributed by atoms with E-state index >= 15 is 0 Å². The predicted molar refractivity (Wildman–Crippen MR) is 46.4 cm³/mol. The molecule has 0 aliphatic rings. The van der Waals surface area contributed by atoms with Crippen LogP contribution < -0.4 is 4.35 Å². The van der Waals surface area contributed by atoms with Crippen molar-refractivity contribution < 1.29 is 11.9 Å². The fraction of sp³-hybridized carbons (Fsp3) is 0.250. The molecule has 4 heteroatoms. The van der Waals surface area contributed by atoms with Gasteiger partial charge < -0.3 is 0 Å². The number of hydrogen-bond donors (Lipinski definition) is 2. The van der Waals surface area contributed by atoms with Gasteiger partial charge in [0.05, 0.1) is 0 Å². The summed E-state index contributed by atoms with van der Waals surface area (Å²) in [6.45, 7) is 3.75. The summed E-state index contributed by atoms with van der Waals surface area (Å²) in [7, 11) is 0. The molecule has 0 aliphatic carbocycles. The normalized spacial score (nSPS) is 11.7. The Morgan fingerprint density at radius 2 is 1.75 bits per heavy atom. The van der Waals surface area contributed by atoms with Crippen molar-refractivity contribution in [2.45, 2.75) is 13.8 Å². The zero-order valence-corrected chi connectivity index (χ0v) is 8.86. The van der Waals surface area contributed by atoms with E-state index in [1.807, 2.05) is 13.8 Å². The molecule has 0 unspecified atom stereocenters. The number of hydrogen-bond acceptors (Lipinski definition) is 1. The van der Waals surface area contributed by atoms with Crippen LogP contribution in [0.3, 0.4) is 0 Å². The van der Waals surface area contributed by atoms with Crippen LogP contribution in [0.1, 0.15) is 11.1 Å². The molecule has 1 aromatic rings. The van der Waals surface area contributed by atoms with Crippen molar-refractivity contribution in [2.24, 2.45) is 0 Å². The number of benzene rings is 1. The topological polar surface area (TPSA) is 57.5 Å². The van der Waals surface area contributed by atoms with Gasteiger partial charge in [0.25, 0.3) is 0 Å². The van der Waals surface area contributed by atoms with Crippen molar-refractivity contribution in [1.82, 2.24) is 0 Å². The van der Waals surface area contributed by atoms with Gasteiger partial charge in [-0.15, -0.1) is 0 Å². The third kappa shape index (κ3) is 2.00. The Morgan fingerprint density at radius 1 is 1.17 bits per heavy atom. The van der Waals surface area contributed by atoms with E-state index in [0.717, 1.165) is 11.1 Å². The minimum atomic E-state index is -4.66. The zero-order valence-electron chi connectivity index (χ0n) is 6.98. The molecule has 0 aliphatic heterocycles. The minimum absolute atomic E-state index is 0.149. The van der Waals surface area contributed by atoms with E-state index in [9.17, 15) is 3.74 Å². The van der Waals surface area contributed by atoms with Crippen LogP contribution in [-0.2, 0) is 3.74 Å².